The Morgan fingerprint density at radius 2 is 1.60 bits per heavy atom. The normalized spacial score (nSPS) is 15.6. The van der Waals surface area contributed by atoms with Crippen LogP contribution in [0.15, 0.2) is 48.5 Å². The molecule has 2 aromatic carbocycles. The first-order valence-corrected chi connectivity index (χ1v) is 6.78. The predicted octanol–water partition coefficient (Wildman–Crippen LogP) is 4.48. The minimum atomic E-state index is -0.273. The lowest BCUT2D eigenvalue weighted by molar-refractivity contribution is 0.0717. The van der Waals surface area contributed by atoms with Crippen LogP contribution in [0.4, 0.5) is 0 Å². The van der Waals surface area contributed by atoms with Crippen molar-refractivity contribution in [3.63, 3.8) is 0 Å². The SMILES string of the molecule is CC(C)c1ccc(/C=C2\OC(=O)c3ccccc32)cc1. The lowest BCUT2D eigenvalue weighted by Crippen LogP contribution is -1.92. The maximum Gasteiger partial charge on any atom is 0.344 e. The van der Waals surface area contributed by atoms with Crippen LogP contribution >= 0.6 is 0 Å². The number of hydrogen-bond acceptors (Lipinski definition) is 2. The second-order valence-corrected chi connectivity index (χ2v) is 5.27. The van der Waals surface area contributed by atoms with Crippen molar-refractivity contribution in [2.24, 2.45) is 0 Å². The van der Waals surface area contributed by atoms with E-state index in [9.17, 15) is 4.79 Å². The summed E-state index contributed by atoms with van der Waals surface area (Å²) >= 11 is 0. The van der Waals surface area contributed by atoms with Crippen molar-refractivity contribution in [1.29, 1.82) is 0 Å². The molecule has 2 aromatic rings. The van der Waals surface area contributed by atoms with Gasteiger partial charge in [0.1, 0.15) is 5.76 Å². The summed E-state index contributed by atoms with van der Waals surface area (Å²) in [6.45, 7) is 4.34. The Labute approximate surface area is 118 Å². The number of rotatable bonds is 2. The molecule has 2 heteroatoms. The molecule has 0 amide bonds. The molecule has 0 aromatic heterocycles. The van der Waals surface area contributed by atoms with E-state index in [0.717, 1.165) is 11.1 Å². The van der Waals surface area contributed by atoms with Crippen molar-refractivity contribution in [3.8, 4) is 0 Å². The monoisotopic (exact) mass is 264 g/mol. The highest BCUT2D eigenvalue weighted by Crippen LogP contribution is 2.31. The van der Waals surface area contributed by atoms with E-state index in [1.807, 2.05) is 24.3 Å². The van der Waals surface area contributed by atoms with Crippen molar-refractivity contribution >= 4 is 17.8 Å². The van der Waals surface area contributed by atoms with Crippen molar-refractivity contribution in [1.82, 2.24) is 0 Å². The van der Waals surface area contributed by atoms with Gasteiger partial charge in [-0.1, -0.05) is 56.3 Å². The summed E-state index contributed by atoms with van der Waals surface area (Å²) in [7, 11) is 0. The van der Waals surface area contributed by atoms with Crippen LogP contribution in [0.5, 0.6) is 0 Å². The molecule has 0 spiro atoms. The molecule has 0 atom stereocenters. The number of cyclic esters (lactones) is 1. The van der Waals surface area contributed by atoms with Crippen LogP contribution in [0.25, 0.3) is 11.8 Å². The van der Waals surface area contributed by atoms with Gasteiger partial charge in [-0.05, 0) is 29.2 Å². The van der Waals surface area contributed by atoms with Crippen molar-refractivity contribution in [2.75, 3.05) is 0 Å². The first kappa shape index (κ1) is 12.7. The van der Waals surface area contributed by atoms with Crippen LogP contribution < -0.4 is 0 Å². The van der Waals surface area contributed by atoms with Gasteiger partial charge in [-0.2, -0.15) is 0 Å². The molecule has 2 nitrogen and oxygen atoms in total. The summed E-state index contributed by atoms with van der Waals surface area (Å²) in [4.78, 5) is 11.7. The van der Waals surface area contributed by atoms with Crippen LogP contribution in [0.2, 0.25) is 0 Å². The van der Waals surface area contributed by atoms with E-state index in [4.69, 9.17) is 4.74 Å². The first-order valence-electron chi connectivity index (χ1n) is 6.78. The van der Waals surface area contributed by atoms with Gasteiger partial charge in [0.15, 0.2) is 0 Å². The average molecular weight is 264 g/mol. The van der Waals surface area contributed by atoms with Gasteiger partial charge in [-0.3, -0.25) is 0 Å². The molecule has 0 fully saturated rings. The molecule has 100 valence electrons. The summed E-state index contributed by atoms with van der Waals surface area (Å²) in [6.07, 6.45) is 1.91. The number of fused-ring (bicyclic) bond motifs is 1. The Morgan fingerprint density at radius 1 is 0.950 bits per heavy atom. The zero-order valence-corrected chi connectivity index (χ0v) is 11.6. The Kier molecular flexibility index (Phi) is 3.15. The molecular formula is C18H16O2. The molecule has 20 heavy (non-hydrogen) atoms. The van der Waals surface area contributed by atoms with E-state index >= 15 is 0 Å². The van der Waals surface area contributed by atoms with Gasteiger partial charge >= 0.3 is 5.97 Å². The number of ether oxygens (including phenoxy) is 1. The van der Waals surface area contributed by atoms with E-state index in [-0.39, 0.29) is 5.97 Å². The molecular weight excluding hydrogens is 248 g/mol. The maximum absolute atomic E-state index is 11.7. The molecule has 1 aliphatic heterocycles. The zero-order valence-electron chi connectivity index (χ0n) is 11.6. The molecule has 1 heterocycles. The Bertz CT molecular complexity index is 679. The topological polar surface area (TPSA) is 26.3 Å². The highest BCUT2D eigenvalue weighted by molar-refractivity contribution is 6.05. The van der Waals surface area contributed by atoms with Crippen molar-refractivity contribution < 1.29 is 9.53 Å². The number of hydrogen-bond donors (Lipinski definition) is 0. The first-order chi connectivity index (χ1) is 9.65. The number of carbonyl (C=O) groups is 1. The summed E-state index contributed by atoms with van der Waals surface area (Å²) in [6, 6.07) is 15.8. The molecule has 0 radical (unpaired) electrons. The van der Waals surface area contributed by atoms with Crippen LogP contribution in [0, 0.1) is 0 Å². The highest BCUT2D eigenvalue weighted by atomic mass is 16.5. The number of carbonyl (C=O) groups excluding carboxylic acids is 1. The summed E-state index contributed by atoms with van der Waals surface area (Å²) < 4.78 is 5.34. The van der Waals surface area contributed by atoms with Crippen LogP contribution in [-0.2, 0) is 4.74 Å². The molecule has 0 unspecified atom stereocenters. The minimum Gasteiger partial charge on any atom is -0.422 e. The van der Waals surface area contributed by atoms with Gasteiger partial charge in [0.25, 0.3) is 0 Å². The molecule has 0 aliphatic carbocycles. The third-order valence-corrected chi connectivity index (χ3v) is 3.52. The highest BCUT2D eigenvalue weighted by Gasteiger charge is 2.25. The van der Waals surface area contributed by atoms with Crippen LogP contribution in [0.3, 0.4) is 0 Å². The Morgan fingerprint density at radius 3 is 2.25 bits per heavy atom. The van der Waals surface area contributed by atoms with Gasteiger partial charge in [0, 0.05) is 5.56 Å². The average Bonchev–Trinajstić information content (AvgIpc) is 2.77. The number of esters is 1. The van der Waals surface area contributed by atoms with E-state index in [0.29, 0.717) is 17.2 Å². The summed E-state index contributed by atoms with van der Waals surface area (Å²) in [5.74, 6) is 0.871. The molecule has 0 saturated carbocycles. The van der Waals surface area contributed by atoms with E-state index in [1.165, 1.54) is 5.56 Å². The van der Waals surface area contributed by atoms with Gasteiger partial charge in [-0.25, -0.2) is 4.79 Å². The minimum absolute atomic E-state index is 0.273. The second-order valence-electron chi connectivity index (χ2n) is 5.27. The Hall–Kier alpha value is -2.35. The van der Waals surface area contributed by atoms with Gasteiger partial charge in [0.2, 0.25) is 0 Å². The predicted molar refractivity (Wildman–Crippen MR) is 80.3 cm³/mol. The zero-order chi connectivity index (χ0) is 14.1. The second kappa shape index (κ2) is 4.97. The fraction of sp³-hybridized carbons (Fsp3) is 0.167. The van der Waals surface area contributed by atoms with E-state index < -0.39 is 0 Å². The standard InChI is InChI=1S/C18H16O2/c1-12(2)14-9-7-13(8-10-14)11-17-15-5-3-4-6-16(15)18(19)20-17/h3-12H,1-2H3/b17-11-. The Balaban J connectivity index is 1.96. The van der Waals surface area contributed by atoms with Crippen molar-refractivity contribution in [3.05, 3.63) is 70.8 Å². The fourth-order valence-corrected chi connectivity index (χ4v) is 2.32. The molecule has 0 N–H and O–H groups in total. The molecule has 3 rings (SSSR count). The molecule has 1 aliphatic rings. The van der Waals surface area contributed by atoms with Crippen LogP contribution in [0.1, 0.15) is 46.8 Å². The van der Waals surface area contributed by atoms with Gasteiger partial charge in [0.05, 0.1) is 5.56 Å². The largest absolute Gasteiger partial charge is 0.422 e. The number of benzene rings is 2. The summed E-state index contributed by atoms with van der Waals surface area (Å²) in [5, 5.41) is 0. The fourth-order valence-electron chi connectivity index (χ4n) is 2.32. The van der Waals surface area contributed by atoms with E-state index in [1.54, 1.807) is 6.07 Å². The van der Waals surface area contributed by atoms with Gasteiger partial charge < -0.3 is 4.74 Å². The lowest BCUT2D eigenvalue weighted by atomic mass is 10.0. The third kappa shape index (κ3) is 2.25. The van der Waals surface area contributed by atoms with Crippen molar-refractivity contribution in [2.45, 2.75) is 19.8 Å². The molecule has 0 bridgehead atoms. The maximum atomic E-state index is 11.7. The lowest BCUT2D eigenvalue weighted by Gasteiger charge is -2.05. The third-order valence-electron chi connectivity index (χ3n) is 3.52. The quantitative estimate of drug-likeness (QED) is 0.748. The van der Waals surface area contributed by atoms with Crippen LogP contribution in [-0.4, -0.2) is 5.97 Å². The van der Waals surface area contributed by atoms with Gasteiger partial charge in [-0.15, -0.1) is 0 Å². The van der Waals surface area contributed by atoms with E-state index in [2.05, 4.69) is 38.1 Å². The summed E-state index contributed by atoms with van der Waals surface area (Å²) in [5.41, 5.74) is 3.84. The smallest absolute Gasteiger partial charge is 0.344 e. The molecule has 0 saturated heterocycles.